The summed E-state index contributed by atoms with van der Waals surface area (Å²) < 4.78 is 16.3. The third-order valence-corrected chi connectivity index (χ3v) is 8.54. The van der Waals surface area contributed by atoms with Gasteiger partial charge in [-0.05, 0) is 75.8 Å². The summed E-state index contributed by atoms with van der Waals surface area (Å²) in [6.07, 6.45) is 1.80. The highest BCUT2D eigenvalue weighted by molar-refractivity contribution is 7.83. The van der Waals surface area contributed by atoms with Crippen LogP contribution in [0.2, 0.25) is 0 Å². The standard InChI is InChI=1S/C30H34N6O4S/c1-19-17-25(21(3)32-26-8-6-5-7-24(26)30(38)39)28-33-27(20(2)29(37)36(28)18-19)35-15-13-34(14-16-35)22-9-11-23(12-10-22)41(40)31-4/h5-12,17-18,21,31-32H,13-16H2,1-4H3,(H,38,39). The molecular weight excluding hydrogens is 540 g/mol. The first-order valence-electron chi connectivity index (χ1n) is 13.5. The molecule has 5 rings (SSSR count). The van der Waals surface area contributed by atoms with Gasteiger partial charge in [0.05, 0.1) is 22.1 Å². The normalized spacial score (nSPS) is 15.1. The predicted octanol–water partition coefficient (Wildman–Crippen LogP) is 3.75. The molecular formula is C30H34N6O4S. The van der Waals surface area contributed by atoms with Gasteiger partial charge in [0.15, 0.2) is 0 Å². The van der Waals surface area contributed by atoms with Crippen LogP contribution in [-0.4, -0.2) is 57.9 Å². The molecule has 1 aliphatic heterocycles. The van der Waals surface area contributed by atoms with Crippen LogP contribution >= 0.6 is 0 Å². The molecule has 10 nitrogen and oxygen atoms in total. The van der Waals surface area contributed by atoms with E-state index in [0.717, 1.165) is 34.8 Å². The molecule has 41 heavy (non-hydrogen) atoms. The molecule has 4 aromatic rings. The Hall–Kier alpha value is -4.22. The third-order valence-electron chi connectivity index (χ3n) is 7.47. The summed E-state index contributed by atoms with van der Waals surface area (Å²) in [5, 5.41) is 12.9. The zero-order valence-corrected chi connectivity index (χ0v) is 24.4. The fraction of sp³-hybridized carbons (Fsp3) is 0.300. The zero-order chi connectivity index (χ0) is 29.3. The first-order chi connectivity index (χ1) is 19.7. The fourth-order valence-corrected chi connectivity index (χ4v) is 5.91. The number of nitrogens with zero attached hydrogens (tertiary/aromatic N) is 4. The van der Waals surface area contributed by atoms with Crippen molar-refractivity contribution in [2.45, 2.75) is 31.7 Å². The number of aromatic carboxylic acids is 1. The highest BCUT2D eigenvalue weighted by Crippen LogP contribution is 2.28. The minimum atomic E-state index is -1.22. The van der Waals surface area contributed by atoms with Crippen LogP contribution < -0.4 is 25.4 Å². The van der Waals surface area contributed by atoms with Gasteiger partial charge in [0.2, 0.25) is 0 Å². The maximum Gasteiger partial charge on any atom is 0.337 e. The molecule has 3 N–H and O–H groups in total. The predicted molar refractivity (Wildman–Crippen MR) is 163 cm³/mol. The fourth-order valence-electron chi connectivity index (χ4n) is 5.29. The summed E-state index contributed by atoms with van der Waals surface area (Å²) in [5.41, 5.74) is 4.47. The van der Waals surface area contributed by atoms with E-state index < -0.39 is 17.0 Å². The van der Waals surface area contributed by atoms with E-state index >= 15 is 0 Å². The third kappa shape index (κ3) is 5.68. The van der Waals surface area contributed by atoms with Crippen LogP contribution in [0, 0.1) is 13.8 Å². The molecule has 11 heteroatoms. The van der Waals surface area contributed by atoms with Crippen LogP contribution in [0.25, 0.3) is 5.65 Å². The van der Waals surface area contributed by atoms with Gasteiger partial charge in [0.25, 0.3) is 5.56 Å². The number of fused-ring (bicyclic) bond motifs is 1. The molecule has 1 saturated heterocycles. The summed E-state index contributed by atoms with van der Waals surface area (Å²) in [5.74, 6) is -0.345. The number of nitrogens with one attached hydrogen (secondary N) is 2. The second-order valence-corrected chi connectivity index (χ2v) is 11.6. The first-order valence-corrected chi connectivity index (χ1v) is 14.6. The van der Waals surface area contributed by atoms with E-state index in [0.29, 0.717) is 35.8 Å². The molecule has 2 aromatic carbocycles. The van der Waals surface area contributed by atoms with Crippen LogP contribution in [0.1, 0.15) is 40.0 Å². The number of aromatic nitrogens is 2. The lowest BCUT2D eigenvalue weighted by atomic mass is 10.1. The van der Waals surface area contributed by atoms with E-state index in [9.17, 15) is 18.9 Å². The highest BCUT2D eigenvalue weighted by Gasteiger charge is 2.24. The van der Waals surface area contributed by atoms with Crippen LogP contribution in [0.15, 0.2) is 70.5 Å². The average Bonchev–Trinajstić information content (AvgIpc) is 2.98. The molecule has 2 aromatic heterocycles. The van der Waals surface area contributed by atoms with Crippen LogP contribution in [0.4, 0.5) is 17.2 Å². The van der Waals surface area contributed by atoms with Gasteiger partial charge >= 0.3 is 5.97 Å². The number of hydrogen-bond acceptors (Lipinski definition) is 7. The molecule has 2 atom stereocenters. The number of carboxylic acid groups (broad SMARTS) is 1. The summed E-state index contributed by atoms with van der Waals surface area (Å²) in [6.45, 7) is 8.56. The Morgan fingerprint density at radius 3 is 2.34 bits per heavy atom. The topological polar surface area (TPSA) is 119 Å². The average molecular weight is 575 g/mol. The molecule has 0 radical (unpaired) electrons. The van der Waals surface area contributed by atoms with E-state index in [1.807, 2.05) is 51.1 Å². The summed E-state index contributed by atoms with van der Waals surface area (Å²) in [4.78, 5) is 35.5. The zero-order valence-electron chi connectivity index (χ0n) is 23.5. The Balaban J connectivity index is 1.43. The summed E-state index contributed by atoms with van der Waals surface area (Å²) >= 11 is 0. The monoisotopic (exact) mass is 574 g/mol. The minimum Gasteiger partial charge on any atom is -0.478 e. The maximum atomic E-state index is 13.6. The van der Waals surface area contributed by atoms with Crippen LogP contribution in [0.3, 0.4) is 0 Å². The number of carboxylic acids is 1. The largest absolute Gasteiger partial charge is 0.478 e. The van der Waals surface area contributed by atoms with E-state index in [1.54, 1.807) is 41.9 Å². The number of rotatable bonds is 8. The minimum absolute atomic E-state index is 0.122. The second kappa shape index (κ2) is 11.7. The van der Waals surface area contributed by atoms with Gasteiger partial charge in [-0.1, -0.05) is 12.1 Å². The first kappa shape index (κ1) is 28.3. The molecule has 0 aliphatic carbocycles. The van der Waals surface area contributed by atoms with Crippen LogP contribution in [-0.2, 0) is 11.0 Å². The maximum absolute atomic E-state index is 13.6. The molecule has 1 aliphatic rings. The van der Waals surface area contributed by atoms with Gasteiger partial charge in [-0.25, -0.2) is 18.7 Å². The number of aryl methyl sites for hydroxylation is 1. The van der Waals surface area contributed by atoms with Gasteiger partial charge in [-0.15, -0.1) is 0 Å². The lowest BCUT2D eigenvalue weighted by molar-refractivity contribution is 0.0698. The molecule has 1 fully saturated rings. The Kier molecular flexibility index (Phi) is 8.09. The molecule has 0 spiro atoms. The van der Waals surface area contributed by atoms with Crippen molar-refractivity contribution in [3.63, 3.8) is 0 Å². The number of benzene rings is 2. The molecule has 3 heterocycles. The Labute approximate surface area is 241 Å². The smallest absolute Gasteiger partial charge is 0.337 e. The number of hydrogen-bond donors (Lipinski definition) is 3. The number of carbonyl (C=O) groups is 1. The molecule has 0 amide bonds. The lowest BCUT2D eigenvalue weighted by Gasteiger charge is -2.37. The highest BCUT2D eigenvalue weighted by atomic mass is 32.2. The van der Waals surface area contributed by atoms with Crippen molar-refractivity contribution in [2.75, 3.05) is 48.3 Å². The Morgan fingerprint density at radius 2 is 1.68 bits per heavy atom. The van der Waals surface area contributed by atoms with E-state index in [1.165, 1.54) is 0 Å². The lowest BCUT2D eigenvalue weighted by Crippen LogP contribution is -2.47. The Bertz CT molecular complexity index is 1680. The molecule has 0 saturated carbocycles. The SMILES string of the molecule is CNS(=O)c1ccc(N2CCN(c3nc4c(C(C)Nc5ccccc5C(=O)O)cc(C)cn4c(=O)c3C)CC2)cc1. The summed E-state index contributed by atoms with van der Waals surface area (Å²) in [6, 6.07) is 16.2. The number of piperazine rings is 1. The Morgan fingerprint density at radius 1 is 1.02 bits per heavy atom. The second-order valence-electron chi connectivity index (χ2n) is 10.2. The van der Waals surface area contributed by atoms with Gasteiger partial charge in [-0.2, -0.15) is 0 Å². The van der Waals surface area contributed by atoms with Gasteiger partial charge < -0.3 is 20.2 Å². The number of pyridine rings is 1. The molecule has 0 bridgehead atoms. The number of anilines is 3. The van der Waals surface area contributed by atoms with Gasteiger partial charge in [-0.3, -0.25) is 9.20 Å². The van der Waals surface area contributed by atoms with Gasteiger partial charge in [0, 0.05) is 49.3 Å². The number of para-hydroxylation sites is 1. The van der Waals surface area contributed by atoms with Gasteiger partial charge in [0.1, 0.15) is 22.5 Å². The van der Waals surface area contributed by atoms with Crippen molar-refractivity contribution in [1.82, 2.24) is 14.1 Å². The van der Waals surface area contributed by atoms with Crippen molar-refractivity contribution in [3.05, 3.63) is 93.4 Å². The van der Waals surface area contributed by atoms with E-state index in [4.69, 9.17) is 4.98 Å². The van der Waals surface area contributed by atoms with E-state index in [-0.39, 0.29) is 17.2 Å². The van der Waals surface area contributed by atoms with Crippen molar-refractivity contribution in [2.24, 2.45) is 0 Å². The molecule has 2 unspecified atom stereocenters. The van der Waals surface area contributed by atoms with E-state index in [2.05, 4.69) is 19.8 Å². The van der Waals surface area contributed by atoms with Crippen molar-refractivity contribution in [1.29, 1.82) is 0 Å². The van der Waals surface area contributed by atoms with Crippen molar-refractivity contribution >= 4 is 39.8 Å². The van der Waals surface area contributed by atoms with Crippen LogP contribution in [0.5, 0.6) is 0 Å². The van der Waals surface area contributed by atoms with Crippen molar-refractivity contribution in [3.8, 4) is 0 Å². The molecule has 214 valence electrons. The van der Waals surface area contributed by atoms with Crippen molar-refractivity contribution < 1.29 is 14.1 Å². The quantitative estimate of drug-likeness (QED) is 0.291. The summed E-state index contributed by atoms with van der Waals surface area (Å²) in [7, 11) is 0.444.